The summed E-state index contributed by atoms with van der Waals surface area (Å²) in [6.07, 6.45) is 0. The smallest absolute Gasteiger partial charge is 0.239 e. The quantitative estimate of drug-likeness (QED) is 0.853. The van der Waals surface area contributed by atoms with Crippen molar-refractivity contribution in [1.82, 2.24) is 0 Å². The van der Waals surface area contributed by atoms with Crippen molar-refractivity contribution in [3.63, 3.8) is 0 Å². The average Bonchev–Trinajstić information content (AvgIpc) is 2.29. The van der Waals surface area contributed by atoms with Crippen molar-refractivity contribution in [2.24, 2.45) is 0 Å². The van der Waals surface area contributed by atoms with E-state index in [1.165, 1.54) is 7.11 Å². The molecule has 0 saturated carbocycles. The van der Waals surface area contributed by atoms with Gasteiger partial charge >= 0.3 is 0 Å². The molecule has 5 nitrogen and oxygen atoms in total. The number of anilines is 1. The fourth-order valence-electron chi connectivity index (χ4n) is 1.23. The van der Waals surface area contributed by atoms with E-state index in [0.717, 1.165) is 0 Å². The number of rotatable bonds is 6. The number of methoxy groups -OCH3 is 1. The van der Waals surface area contributed by atoms with Gasteiger partial charge in [-0.05, 0) is 28.1 Å². The summed E-state index contributed by atoms with van der Waals surface area (Å²) in [6, 6.07) is 6.99. The van der Waals surface area contributed by atoms with E-state index in [1.54, 1.807) is 24.3 Å². The number of para-hydroxylation sites is 1. The number of nitrogens with one attached hydrogen (secondary N) is 1. The molecule has 0 bridgehead atoms. The van der Waals surface area contributed by atoms with E-state index in [9.17, 15) is 13.2 Å². The van der Waals surface area contributed by atoms with E-state index in [4.69, 9.17) is 0 Å². The molecule has 0 spiro atoms. The van der Waals surface area contributed by atoms with Crippen molar-refractivity contribution in [2.75, 3.05) is 30.5 Å². The molecule has 0 fully saturated rings. The van der Waals surface area contributed by atoms with Crippen LogP contribution in [-0.2, 0) is 19.4 Å². The second kappa shape index (κ2) is 6.86. The number of sulfone groups is 1. The lowest BCUT2D eigenvalue weighted by Crippen LogP contribution is -2.26. The van der Waals surface area contributed by atoms with Crippen LogP contribution in [0.4, 0.5) is 5.69 Å². The van der Waals surface area contributed by atoms with Gasteiger partial charge in [0.25, 0.3) is 0 Å². The van der Waals surface area contributed by atoms with Gasteiger partial charge in [0.2, 0.25) is 5.91 Å². The van der Waals surface area contributed by atoms with E-state index in [0.29, 0.717) is 10.2 Å². The standard InChI is InChI=1S/C11H14BrNO4S/c1-17-6-7-18(15,16)8-11(14)13-10-5-3-2-4-9(10)12/h2-5H,6-8H2,1H3,(H,13,14). The van der Waals surface area contributed by atoms with Crippen LogP contribution >= 0.6 is 15.9 Å². The summed E-state index contributed by atoms with van der Waals surface area (Å²) in [5.41, 5.74) is 0.546. The zero-order valence-electron chi connectivity index (χ0n) is 9.85. The van der Waals surface area contributed by atoms with Gasteiger partial charge in [-0.25, -0.2) is 8.42 Å². The predicted molar refractivity (Wildman–Crippen MR) is 73.3 cm³/mol. The van der Waals surface area contributed by atoms with E-state index < -0.39 is 21.5 Å². The second-order valence-corrected chi connectivity index (χ2v) is 6.65. The third-order valence-electron chi connectivity index (χ3n) is 2.10. The summed E-state index contributed by atoms with van der Waals surface area (Å²) in [5, 5.41) is 2.54. The minimum absolute atomic E-state index is 0.0879. The number of halogens is 1. The minimum Gasteiger partial charge on any atom is -0.384 e. The van der Waals surface area contributed by atoms with Gasteiger partial charge < -0.3 is 10.1 Å². The molecule has 100 valence electrons. The summed E-state index contributed by atoms with van der Waals surface area (Å²) in [6.45, 7) is 0.0879. The lowest BCUT2D eigenvalue weighted by atomic mass is 10.3. The molecule has 0 atom stereocenters. The molecule has 18 heavy (non-hydrogen) atoms. The van der Waals surface area contributed by atoms with Crippen molar-refractivity contribution < 1.29 is 17.9 Å². The Balaban J connectivity index is 2.60. The third kappa shape index (κ3) is 5.16. The highest BCUT2D eigenvalue weighted by Crippen LogP contribution is 2.21. The van der Waals surface area contributed by atoms with Gasteiger partial charge in [0.05, 0.1) is 18.0 Å². The fourth-order valence-corrected chi connectivity index (χ4v) is 2.65. The van der Waals surface area contributed by atoms with Crippen LogP contribution in [-0.4, -0.2) is 39.5 Å². The van der Waals surface area contributed by atoms with Crippen molar-refractivity contribution in [3.05, 3.63) is 28.7 Å². The normalized spacial score (nSPS) is 11.2. The Labute approximate surface area is 115 Å². The molecule has 0 aliphatic carbocycles. The van der Waals surface area contributed by atoms with Crippen LogP contribution in [0.1, 0.15) is 0 Å². The molecule has 0 aromatic heterocycles. The maximum atomic E-state index is 11.6. The van der Waals surface area contributed by atoms with Gasteiger partial charge in [-0.2, -0.15) is 0 Å². The van der Waals surface area contributed by atoms with Crippen molar-refractivity contribution in [1.29, 1.82) is 0 Å². The van der Waals surface area contributed by atoms with Crippen LogP contribution < -0.4 is 5.32 Å². The van der Waals surface area contributed by atoms with Crippen LogP contribution in [0.25, 0.3) is 0 Å². The fraction of sp³-hybridized carbons (Fsp3) is 0.364. The highest BCUT2D eigenvalue weighted by Gasteiger charge is 2.16. The van der Waals surface area contributed by atoms with E-state index in [1.807, 2.05) is 0 Å². The Bertz CT molecular complexity index is 516. The Morgan fingerprint density at radius 2 is 2.06 bits per heavy atom. The van der Waals surface area contributed by atoms with Crippen LogP contribution in [0.3, 0.4) is 0 Å². The van der Waals surface area contributed by atoms with Crippen LogP contribution in [0.2, 0.25) is 0 Å². The Morgan fingerprint density at radius 3 is 2.67 bits per heavy atom. The molecule has 0 unspecified atom stereocenters. The van der Waals surface area contributed by atoms with Gasteiger partial charge in [0.15, 0.2) is 9.84 Å². The molecule has 7 heteroatoms. The molecule has 1 rings (SSSR count). The summed E-state index contributed by atoms with van der Waals surface area (Å²) in [5.74, 6) is -1.26. The zero-order chi connectivity index (χ0) is 13.6. The van der Waals surface area contributed by atoms with Crippen molar-refractivity contribution in [2.45, 2.75) is 0 Å². The van der Waals surface area contributed by atoms with Gasteiger partial charge in [-0.15, -0.1) is 0 Å². The first-order valence-electron chi connectivity index (χ1n) is 5.18. The summed E-state index contributed by atoms with van der Waals surface area (Å²) >= 11 is 3.26. The zero-order valence-corrected chi connectivity index (χ0v) is 12.3. The maximum absolute atomic E-state index is 11.6. The highest BCUT2D eigenvalue weighted by molar-refractivity contribution is 9.10. The van der Waals surface area contributed by atoms with Crippen LogP contribution in [0.15, 0.2) is 28.7 Å². The number of carbonyl (C=O) groups is 1. The SMILES string of the molecule is COCCS(=O)(=O)CC(=O)Nc1ccccc1Br. The van der Waals surface area contributed by atoms with Gasteiger partial charge in [0.1, 0.15) is 5.75 Å². The topological polar surface area (TPSA) is 72.5 Å². The molecule has 0 heterocycles. The monoisotopic (exact) mass is 335 g/mol. The van der Waals surface area contributed by atoms with Crippen LogP contribution in [0.5, 0.6) is 0 Å². The Kier molecular flexibility index (Phi) is 5.77. The lowest BCUT2D eigenvalue weighted by Gasteiger charge is -2.07. The summed E-state index contributed by atoms with van der Waals surface area (Å²) in [4.78, 5) is 11.6. The molecule has 0 radical (unpaired) electrons. The van der Waals surface area contributed by atoms with Gasteiger partial charge in [-0.3, -0.25) is 4.79 Å². The predicted octanol–water partition coefficient (Wildman–Crippen LogP) is 1.45. The van der Waals surface area contributed by atoms with E-state index in [-0.39, 0.29) is 12.4 Å². The first-order valence-corrected chi connectivity index (χ1v) is 7.80. The van der Waals surface area contributed by atoms with Gasteiger partial charge in [-0.1, -0.05) is 12.1 Å². The number of amides is 1. The molecule has 1 amide bonds. The van der Waals surface area contributed by atoms with E-state index in [2.05, 4.69) is 26.0 Å². The van der Waals surface area contributed by atoms with Crippen LogP contribution in [0, 0.1) is 0 Å². The molecular formula is C11H14BrNO4S. The summed E-state index contributed by atoms with van der Waals surface area (Å²) < 4.78 is 28.4. The largest absolute Gasteiger partial charge is 0.384 e. The Hall–Kier alpha value is -0.920. The molecule has 0 aliphatic rings. The molecule has 0 saturated heterocycles. The molecular weight excluding hydrogens is 322 g/mol. The van der Waals surface area contributed by atoms with Crippen molar-refractivity contribution in [3.8, 4) is 0 Å². The highest BCUT2D eigenvalue weighted by atomic mass is 79.9. The average molecular weight is 336 g/mol. The molecule has 1 N–H and O–H groups in total. The molecule has 0 aliphatic heterocycles. The lowest BCUT2D eigenvalue weighted by molar-refractivity contribution is -0.113. The number of carbonyl (C=O) groups excluding carboxylic acids is 1. The summed E-state index contributed by atoms with van der Waals surface area (Å²) in [7, 11) is -2.01. The third-order valence-corrected chi connectivity index (χ3v) is 4.28. The minimum atomic E-state index is -3.43. The Morgan fingerprint density at radius 1 is 1.39 bits per heavy atom. The second-order valence-electron chi connectivity index (χ2n) is 3.61. The van der Waals surface area contributed by atoms with E-state index >= 15 is 0 Å². The molecule has 1 aromatic carbocycles. The molecule has 1 aromatic rings. The number of benzene rings is 1. The van der Waals surface area contributed by atoms with Gasteiger partial charge in [0, 0.05) is 11.6 Å². The number of hydrogen-bond donors (Lipinski definition) is 1. The number of hydrogen-bond acceptors (Lipinski definition) is 4. The van der Waals surface area contributed by atoms with Crippen molar-refractivity contribution >= 4 is 37.4 Å². The first-order chi connectivity index (χ1) is 8.44. The maximum Gasteiger partial charge on any atom is 0.239 e. The first kappa shape index (κ1) is 15.1. The number of ether oxygens (including phenoxy) is 1.